The van der Waals surface area contributed by atoms with Crippen LogP contribution in [-0.4, -0.2) is 9.78 Å². The van der Waals surface area contributed by atoms with Crippen molar-refractivity contribution in [3.8, 4) is 0 Å². The van der Waals surface area contributed by atoms with E-state index in [9.17, 15) is 4.39 Å². The van der Waals surface area contributed by atoms with Gasteiger partial charge < -0.3 is 0 Å². The predicted molar refractivity (Wildman–Crippen MR) is 84.2 cm³/mol. The van der Waals surface area contributed by atoms with Crippen LogP contribution in [0.5, 0.6) is 0 Å². The SMILES string of the molecule is CCc1nn(Cc2c(F)cccc2Cl)c(CC)c1I. The minimum atomic E-state index is -0.280. The molecule has 0 saturated heterocycles. The smallest absolute Gasteiger partial charge is 0.129 e. The Morgan fingerprint density at radius 1 is 1.32 bits per heavy atom. The van der Waals surface area contributed by atoms with E-state index in [1.54, 1.807) is 12.1 Å². The van der Waals surface area contributed by atoms with Crippen LogP contribution in [-0.2, 0) is 19.4 Å². The van der Waals surface area contributed by atoms with E-state index in [1.165, 1.54) is 9.64 Å². The number of aryl methyl sites for hydroxylation is 1. The number of benzene rings is 1. The highest BCUT2D eigenvalue weighted by Crippen LogP contribution is 2.23. The van der Waals surface area contributed by atoms with Crippen molar-refractivity contribution in [2.45, 2.75) is 33.2 Å². The molecule has 0 spiro atoms. The molecule has 102 valence electrons. The molecule has 0 fully saturated rings. The summed E-state index contributed by atoms with van der Waals surface area (Å²) in [6.07, 6.45) is 1.75. The van der Waals surface area contributed by atoms with Crippen molar-refractivity contribution >= 4 is 34.2 Å². The Bertz CT molecular complexity index is 575. The molecule has 5 heteroatoms. The molecule has 0 bridgehead atoms. The van der Waals surface area contributed by atoms with E-state index in [0.29, 0.717) is 17.1 Å². The second kappa shape index (κ2) is 6.22. The zero-order chi connectivity index (χ0) is 14.0. The van der Waals surface area contributed by atoms with Crippen LogP contribution >= 0.6 is 34.2 Å². The van der Waals surface area contributed by atoms with Gasteiger partial charge in [0.2, 0.25) is 0 Å². The van der Waals surface area contributed by atoms with Crippen molar-refractivity contribution in [3.63, 3.8) is 0 Å². The highest BCUT2D eigenvalue weighted by atomic mass is 127. The molecular formula is C14H15ClFIN2. The Morgan fingerprint density at radius 2 is 2.05 bits per heavy atom. The molecule has 1 aromatic carbocycles. The normalized spacial score (nSPS) is 11.0. The number of rotatable bonds is 4. The first-order valence-corrected chi connectivity index (χ1v) is 7.71. The topological polar surface area (TPSA) is 17.8 Å². The van der Waals surface area contributed by atoms with Crippen LogP contribution in [0.25, 0.3) is 0 Å². The van der Waals surface area contributed by atoms with Crippen LogP contribution in [0.4, 0.5) is 4.39 Å². The number of hydrogen-bond acceptors (Lipinski definition) is 1. The Balaban J connectivity index is 2.43. The van der Waals surface area contributed by atoms with Crippen LogP contribution in [0, 0.1) is 9.39 Å². The van der Waals surface area contributed by atoms with Gasteiger partial charge in [0.1, 0.15) is 5.82 Å². The molecule has 2 rings (SSSR count). The largest absolute Gasteiger partial charge is 0.264 e. The summed E-state index contributed by atoms with van der Waals surface area (Å²) in [6, 6.07) is 4.76. The zero-order valence-electron chi connectivity index (χ0n) is 10.9. The summed E-state index contributed by atoms with van der Waals surface area (Å²) >= 11 is 8.38. The summed E-state index contributed by atoms with van der Waals surface area (Å²) < 4.78 is 16.9. The van der Waals surface area contributed by atoms with Crippen LogP contribution in [0.2, 0.25) is 5.02 Å². The van der Waals surface area contributed by atoms with Crippen molar-refractivity contribution in [2.24, 2.45) is 0 Å². The monoisotopic (exact) mass is 392 g/mol. The summed E-state index contributed by atoms with van der Waals surface area (Å²) in [7, 11) is 0. The van der Waals surface area contributed by atoms with Gasteiger partial charge in [-0.3, -0.25) is 4.68 Å². The van der Waals surface area contributed by atoms with Gasteiger partial charge in [0.25, 0.3) is 0 Å². The quantitative estimate of drug-likeness (QED) is 0.703. The highest BCUT2D eigenvalue weighted by Gasteiger charge is 2.15. The first-order chi connectivity index (χ1) is 9.08. The molecule has 0 N–H and O–H groups in total. The first-order valence-electron chi connectivity index (χ1n) is 6.25. The molecule has 1 aromatic heterocycles. The van der Waals surface area contributed by atoms with Gasteiger partial charge in [-0.1, -0.05) is 31.5 Å². The third-order valence-corrected chi connectivity index (χ3v) is 4.70. The lowest BCUT2D eigenvalue weighted by Gasteiger charge is -2.09. The lowest BCUT2D eigenvalue weighted by Crippen LogP contribution is -2.08. The molecule has 0 saturated carbocycles. The second-order valence-electron chi connectivity index (χ2n) is 4.27. The van der Waals surface area contributed by atoms with E-state index in [4.69, 9.17) is 11.6 Å². The maximum Gasteiger partial charge on any atom is 0.129 e. The minimum Gasteiger partial charge on any atom is -0.264 e. The van der Waals surface area contributed by atoms with E-state index >= 15 is 0 Å². The van der Waals surface area contributed by atoms with Crippen LogP contribution in [0.3, 0.4) is 0 Å². The molecule has 0 aliphatic rings. The maximum absolute atomic E-state index is 13.8. The number of aromatic nitrogens is 2. The van der Waals surface area contributed by atoms with Crippen molar-refractivity contribution in [1.29, 1.82) is 0 Å². The van der Waals surface area contributed by atoms with Crippen molar-refractivity contribution < 1.29 is 4.39 Å². The van der Waals surface area contributed by atoms with E-state index in [-0.39, 0.29) is 5.82 Å². The third-order valence-electron chi connectivity index (χ3n) is 3.10. The van der Waals surface area contributed by atoms with Crippen molar-refractivity contribution in [3.05, 3.63) is 49.6 Å². The minimum absolute atomic E-state index is 0.280. The van der Waals surface area contributed by atoms with Crippen molar-refractivity contribution in [1.82, 2.24) is 9.78 Å². The molecule has 1 heterocycles. The molecule has 0 atom stereocenters. The third kappa shape index (κ3) is 2.94. The Morgan fingerprint density at radius 3 is 2.63 bits per heavy atom. The average molecular weight is 393 g/mol. The van der Waals surface area contributed by atoms with Gasteiger partial charge in [0.05, 0.1) is 21.5 Å². The fourth-order valence-corrected chi connectivity index (χ4v) is 3.43. The maximum atomic E-state index is 13.8. The zero-order valence-corrected chi connectivity index (χ0v) is 13.8. The summed E-state index contributed by atoms with van der Waals surface area (Å²) in [5.41, 5.74) is 2.70. The Hall–Kier alpha value is -0.620. The van der Waals surface area contributed by atoms with E-state index in [2.05, 4.69) is 41.5 Å². The van der Waals surface area contributed by atoms with Crippen LogP contribution in [0.15, 0.2) is 18.2 Å². The van der Waals surface area contributed by atoms with Gasteiger partial charge in [-0.05, 0) is 47.6 Å². The molecule has 0 aliphatic heterocycles. The predicted octanol–water partition coefficient (Wildman–Crippen LogP) is 4.45. The van der Waals surface area contributed by atoms with Crippen LogP contribution < -0.4 is 0 Å². The fourth-order valence-electron chi connectivity index (χ4n) is 2.06. The fraction of sp³-hybridized carbons (Fsp3) is 0.357. The highest BCUT2D eigenvalue weighted by molar-refractivity contribution is 14.1. The molecule has 19 heavy (non-hydrogen) atoms. The number of halogens is 3. The van der Waals surface area contributed by atoms with Crippen LogP contribution in [0.1, 0.15) is 30.8 Å². The van der Waals surface area contributed by atoms with Crippen molar-refractivity contribution in [2.75, 3.05) is 0 Å². The number of hydrogen-bond donors (Lipinski definition) is 0. The second-order valence-corrected chi connectivity index (χ2v) is 5.76. The molecule has 0 radical (unpaired) electrons. The lowest BCUT2D eigenvalue weighted by molar-refractivity contribution is 0.574. The average Bonchev–Trinajstić information content (AvgIpc) is 2.69. The molecule has 0 amide bonds. The summed E-state index contributed by atoms with van der Waals surface area (Å²) in [5.74, 6) is -0.280. The Kier molecular flexibility index (Phi) is 4.84. The molecule has 0 aliphatic carbocycles. The van der Waals surface area contributed by atoms with E-state index < -0.39 is 0 Å². The molecule has 2 aromatic rings. The Labute approximate surface area is 131 Å². The summed E-state index contributed by atoms with van der Waals surface area (Å²) in [6.45, 7) is 4.53. The number of nitrogens with zero attached hydrogens (tertiary/aromatic N) is 2. The summed E-state index contributed by atoms with van der Waals surface area (Å²) in [4.78, 5) is 0. The van der Waals surface area contributed by atoms with E-state index in [1.807, 2.05) is 4.68 Å². The standard InChI is InChI=1S/C14H15ClFIN2/c1-3-12-14(17)13(4-2)19(18-12)8-9-10(15)6-5-7-11(9)16/h5-7H,3-4,8H2,1-2H3. The van der Waals surface area contributed by atoms with Gasteiger partial charge in [-0.2, -0.15) is 5.10 Å². The van der Waals surface area contributed by atoms with E-state index in [0.717, 1.165) is 24.2 Å². The lowest BCUT2D eigenvalue weighted by atomic mass is 10.2. The summed E-state index contributed by atoms with van der Waals surface area (Å²) in [5, 5.41) is 5.01. The van der Waals surface area contributed by atoms with Gasteiger partial charge in [-0.25, -0.2) is 4.39 Å². The first kappa shape index (κ1) is 14.8. The van der Waals surface area contributed by atoms with Gasteiger partial charge in [0.15, 0.2) is 0 Å². The molecular weight excluding hydrogens is 378 g/mol. The van der Waals surface area contributed by atoms with Gasteiger partial charge in [0, 0.05) is 10.6 Å². The molecule has 0 unspecified atom stereocenters. The van der Waals surface area contributed by atoms with Gasteiger partial charge >= 0.3 is 0 Å². The van der Waals surface area contributed by atoms with Gasteiger partial charge in [-0.15, -0.1) is 0 Å². The molecule has 2 nitrogen and oxygen atoms in total.